The van der Waals surface area contributed by atoms with E-state index < -0.39 is 0 Å². The van der Waals surface area contributed by atoms with Gasteiger partial charge in [0.2, 0.25) is 0 Å². The monoisotopic (exact) mass is 201 g/mol. The first-order chi connectivity index (χ1) is 6.72. The molecule has 0 bridgehead atoms. The summed E-state index contributed by atoms with van der Waals surface area (Å²) in [5.41, 5.74) is -0.0455. The smallest absolute Gasteiger partial charge is 0.305 e. The number of carbonyl (C=O) groups excluding carboxylic acids is 1. The van der Waals surface area contributed by atoms with E-state index in [1.54, 1.807) is 0 Å². The lowest BCUT2D eigenvalue weighted by atomic mass is 9.77. The van der Waals surface area contributed by atoms with Gasteiger partial charge in [-0.2, -0.15) is 0 Å². The van der Waals surface area contributed by atoms with Gasteiger partial charge < -0.3 is 15.2 Å². The highest BCUT2D eigenvalue weighted by atomic mass is 16.5. The van der Waals surface area contributed by atoms with Crippen molar-refractivity contribution in [3.05, 3.63) is 0 Å². The maximum absolute atomic E-state index is 10.8. The van der Waals surface area contributed by atoms with Crippen LogP contribution in [0.2, 0.25) is 0 Å². The first-order valence-electron chi connectivity index (χ1n) is 5.15. The molecule has 1 saturated carbocycles. The molecule has 2 N–H and O–H groups in total. The van der Waals surface area contributed by atoms with Gasteiger partial charge in [-0.3, -0.25) is 4.79 Å². The molecule has 0 aromatic carbocycles. The molecule has 0 aromatic heterocycles. The molecule has 0 aromatic rings. The summed E-state index contributed by atoms with van der Waals surface area (Å²) in [5, 5.41) is 12.4. The van der Waals surface area contributed by atoms with Crippen LogP contribution in [0.5, 0.6) is 0 Å². The Labute approximate surface area is 84.6 Å². The van der Waals surface area contributed by atoms with E-state index in [0.717, 1.165) is 25.8 Å². The van der Waals surface area contributed by atoms with Crippen LogP contribution in [0.1, 0.15) is 32.1 Å². The van der Waals surface area contributed by atoms with Crippen LogP contribution in [-0.4, -0.2) is 36.9 Å². The lowest BCUT2D eigenvalue weighted by Gasteiger charge is -2.41. The first-order valence-corrected chi connectivity index (χ1v) is 5.15. The Kier molecular flexibility index (Phi) is 4.35. The van der Waals surface area contributed by atoms with E-state index in [-0.39, 0.29) is 18.1 Å². The van der Waals surface area contributed by atoms with Gasteiger partial charge in [-0.1, -0.05) is 0 Å². The summed E-state index contributed by atoms with van der Waals surface area (Å²) in [4.78, 5) is 10.8. The van der Waals surface area contributed by atoms with Crippen molar-refractivity contribution in [3.8, 4) is 0 Å². The van der Waals surface area contributed by atoms with Crippen molar-refractivity contribution in [2.45, 2.75) is 37.6 Å². The highest BCUT2D eigenvalue weighted by Gasteiger charge is 2.35. The molecule has 0 saturated heterocycles. The molecular weight excluding hydrogens is 182 g/mol. The second-order valence-electron chi connectivity index (χ2n) is 3.90. The van der Waals surface area contributed by atoms with Crippen LogP contribution in [0.4, 0.5) is 0 Å². The second kappa shape index (κ2) is 5.32. The highest BCUT2D eigenvalue weighted by molar-refractivity contribution is 5.69. The quantitative estimate of drug-likeness (QED) is 0.484. The van der Waals surface area contributed by atoms with E-state index in [0.29, 0.717) is 6.42 Å². The Morgan fingerprint density at radius 1 is 1.57 bits per heavy atom. The fourth-order valence-electron chi connectivity index (χ4n) is 1.68. The van der Waals surface area contributed by atoms with Crippen LogP contribution in [0.15, 0.2) is 0 Å². The Morgan fingerprint density at radius 2 is 2.29 bits per heavy atom. The Bertz CT molecular complexity index is 184. The van der Waals surface area contributed by atoms with E-state index in [4.69, 9.17) is 5.11 Å². The maximum Gasteiger partial charge on any atom is 0.305 e. The number of nitrogens with one attached hydrogen (secondary N) is 1. The number of methoxy groups -OCH3 is 1. The minimum atomic E-state index is -0.168. The molecule has 0 spiro atoms. The predicted octanol–water partition coefficient (Wildman–Crippen LogP) is 0.444. The summed E-state index contributed by atoms with van der Waals surface area (Å²) in [6.45, 7) is 0.973. The molecule has 1 aliphatic carbocycles. The number of hydrogen-bond acceptors (Lipinski definition) is 4. The third-order valence-corrected chi connectivity index (χ3v) is 2.90. The summed E-state index contributed by atoms with van der Waals surface area (Å²) in [6.07, 6.45) is 4.49. The van der Waals surface area contributed by atoms with Gasteiger partial charge in [-0.25, -0.2) is 0 Å². The van der Waals surface area contributed by atoms with E-state index in [1.165, 1.54) is 13.5 Å². The van der Waals surface area contributed by atoms with E-state index in [9.17, 15) is 4.79 Å². The van der Waals surface area contributed by atoms with Crippen LogP contribution in [0, 0.1) is 0 Å². The zero-order valence-corrected chi connectivity index (χ0v) is 8.71. The molecular formula is C10H19NO3. The van der Waals surface area contributed by atoms with Crippen molar-refractivity contribution < 1.29 is 14.6 Å². The summed E-state index contributed by atoms with van der Waals surface area (Å²) in [5.74, 6) is -0.168. The molecule has 1 rings (SSSR count). The lowest BCUT2D eigenvalue weighted by molar-refractivity contribution is -0.140. The summed E-state index contributed by atoms with van der Waals surface area (Å²) in [6, 6.07) is 0. The zero-order valence-electron chi connectivity index (χ0n) is 8.71. The van der Waals surface area contributed by atoms with Gasteiger partial charge in [0.1, 0.15) is 0 Å². The average molecular weight is 201 g/mol. The number of esters is 1. The topological polar surface area (TPSA) is 58.6 Å². The van der Waals surface area contributed by atoms with Crippen molar-refractivity contribution in [2.75, 3.05) is 20.3 Å². The van der Waals surface area contributed by atoms with Crippen molar-refractivity contribution in [1.82, 2.24) is 5.32 Å². The standard InChI is InChI=1S/C10H19NO3/c1-14-9(13)4-2-7-11-10(8-12)5-3-6-10/h11-12H,2-8H2,1H3. The van der Waals surface area contributed by atoms with E-state index in [2.05, 4.69) is 10.1 Å². The van der Waals surface area contributed by atoms with Crippen molar-refractivity contribution in [2.24, 2.45) is 0 Å². The molecule has 4 heteroatoms. The van der Waals surface area contributed by atoms with Crippen LogP contribution in [0.3, 0.4) is 0 Å². The molecule has 1 aliphatic rings. The average Bonchev–Trinajstić information content (AvgIpc) is 2.15. The summed E-state index contributed by atoms with van der Waals surface area (Å²) < 4.78 is 4.53. The van der Waals surface area contributed by atoms with Gasteiger partial charge in [-0.15, -0.1) is 0 Å². The van der Waals surface area contributed by atoms with Crippen molar-refractivity contribution in [1.29, 1.82) is 0 Å². The number of ether oxygens (including phenoxy) is 1. The molecule has 14 heavy (non-hydrogen) atoms. The van der Waals surface area contributed by atoms with Gasteiger partial charge in [0, 0.05) is 12.0 Å². The van der Waals surface area contributed by atoms with E-state index in [1.807, 2.05) is 0 Å². The zero-order chi connectivity index (χ0) is 10.4. The fourth-order valence-corrected chi connectivity index (χ4v) is 1.68. The van der Waals surface area contributed by atoms with Crippen LogP contribution >= 0.6 is 0 Å². The first kappa shape index (κ1) is 11.5. The number of hydrogen-bond donors (Lipinski definition) is 2. The largest absolute Gasteiger partial charge is 0.469 e. The Morgan fingerprint density at radius 3 is 2.71 bits per heavy atom. The maximum atomic E-state index is 10.8. The molecule has 0 radical (unpaired) electrons. The molecule has 0 unspecified atom stereocenters. The minimum Gasteiger partial charge on any atom is -0.469 e. The van der Waals surface area contributed by atoms with Crippen molar-refractivity contribution in [3.63, 3.8) is 0 Å². The Hall–Kier alpha value is -0.610. The summed E-state index contributed by atoms with van der Waals surface area (Å²) in [7, 11) is 1.40. The van der Waals surface area contributed by atoms with Gasteiger partial charge in [0.05, 0.1) is 13.7 Å². The molecule has 0 heterocycles. The minimum absolute atomic E-state index is 0.0455. The van der Waals surface area contributed by atoms with Crippen LogP contribution < -0.4 is 5.32 Å². The number of aliphatic hydroxyl groups is 1. The molecule has 4 nitrogen and oxygen atoms in total. The molecule has 82 valence electrons. The third-order valence-electron chi connectivity index (χ3n) is 2.90. The predicted molar refractivity (Wildman–Crippen MR) is 52.9 cm³/mol. The Balaban J connectivity index is 2.05. The second-order valence-corrected chi connectivity index (χ2v) is 3.90. The summed E-state index contributed by atoms with van der Waals surface area (Å²) >= 11 is 0. The van der Waals surface area contributed by atoms with Gasteiger partial charge in [0.15, 0.2) is 0 Å². The molecule has 0 atom stereocenters. The van der Waals surface area contributed by atoms with Crippen molar-refractivity contribution >= 4 is 5.97 Å². The SMILES string of the molecule is COC(=O)CCCNC1(CO)CCC1. The number of carbonyl (C=O) groups is 1. The van der Waals surface area contributed by atoms with Gasteiger partial charge in [-0.05, 0) is 32.2 Å². The van der Waals surface area contributed by atoms with Crippen LogP contribution in [-0.2, 0) is 9.53 Å². The molecule has 0 amide bonds. The number of aliphatic hydroxyl groups excluding tert-OH is 1. The normalized spacial score (nSPS) is 18.7. The van der Waals surface area contributed by atoms with Crippen LogP contribution in [0.25, 0.3) is 0 Å². The molecule has 1 fully saturated rings. The van der Waals surface area contributed by atoms with Gasteiger partial charge in [0.25, 0.3) is 0 Å². The third kappa shape index (κ3) is 2.96. The lowest BCUT2D eigenvalue weighted by Crippen LogP contribution is -2.54. The fraction of sp³-hybridized carbons (Fsp3) is 0.900. The number of rotatable bonds is 6. The van der Waals surface area contributed by atoms with Gasteiger partial charge >= 0.3 is 5.97 Å². The molecule has 0 aliphatic heterocycles. The highest BCUT2D eigenvalue weighted by Crippen LogP contribution is 2.30. The van der Waals surface area contributed by atoms with E-state index >= 15 is 0 Å².